The minimum atomic E-state index is -0.285. The zero-order chi connectivity index (χ0) is 8.81. The molecule has 0 saturated carbocycles. The summed E-state index contributed by atoms with van der Waals surface area (Å²) in [5, 5.41) is 3.38. The molecule has 0 aliphatic carbocycles. The molecule has 1 saturated heterocycles. The molecule has 0 spiro atoms. The molecule has 72 valence electrons. The second-order valence-corrected chi connectivity index (χ2v) is 7.49. The molecule has 0 amide bonds. The summed E-state index contributed by atoms with van der Waals surface area (Å²) in [5.74, 6) is 0. The molecule has 0 aromatic carbocycles. The minimum Gasteiger partial charge on any atom is -0.314 e. The molecular weight excluding hydrogens is 164 g/mol. The number of hydrogen-bond donors (Lipinski definition) is 1. The first-order valence-electron chi connectivity index (χ1n) is 5.22. The topological polar surface area (TPSA) is 15.3 Å². The van der Waals surface area contributed by atoms with Crippen LogP contribution in [0.3, 0.4) is 0 Å². The molecule has 12 heavy (non-hydrogen) atoms. The lowest BCUT2D eigenvalue weighted by Gasteiger charge is -2.27. The summed E-state index contributed by atoms with van der Waals surface area (Å²) in [6.45, 7) is 11.1. The third-order valence-corrected chi connectivity index (χ3v) is 4.03. The molecule has 2 nitrogen and oxygen atoms in total. The molecule has 0 aromatic heterocycles. The highest BCUT2D eigenvalue weighted by atomic mass is 28.3. The van der Waals surface area contributed by atoms with Crippen molar-refractivity contribution in [2.75, 3.05) is 32.7 Å². The molecule has 3 heteroatoms. The molecular formula is C9H22N2Si. The van der Waals surface area contributed by atoms with Crippen molar-refractivity contribution >= 4 is 8.80 Å². The van der Waals surface area contributed by atoms with E-state index in [1.54, 1.807) is 0 Å². The Hall–Kier alpha value is 0.137. The molecule has 1 aliphatic rings. The van der Waals surface area contributed by atoms with Gasteiger partial charge in [0, 0.05) is 35.0 Å². The van der Waals surface area contributed by atoms with Crippen molar-refractivity contribution in [1.82, 2.24) is 10.2 Å². The average molecular weight is 186 g/mol. The van der Waals surface area contributed by atoms with Gasteiger partial charge in [0.05, 0.1) is 0 Å². The van der Waals surface area contributed by atoms with Gasteiger partial charge < -0.3 is 10.2 Å². The van der Waals surface area contributed by atoms with E-state index in [-0.39, 0.29) is 8.80 Å². The Morgan fingerprint density at radius 3 is 2.50 bits per heavy atom. The van der Waals surface area contributed by atoms with Crippen LogP contribution in [0.25, 0.3) is 0 Å². The van der Waals surface area contributed by atoms with Crippen molar-refractivity contribution in [3.8, 4) is 0 Å². The van der Waals surface area contributed by atoms with Crippen molar-refractivity contribution < 1.29 is 0 Å². The van der Waals surface area contributed by atoms with Gasteiger partial charge in [-0.1, -0.05) is 19.1 Å². The summed E-state index contributed by atoms with van der Waals surface area (Å²) < 4.78 is 0. The Morgan fingerprint density at radius 1 is 1.25 bits per heavy atom. The maximum absolute atomic E-state index is 3.38. The Bertz CT molecular complexity index is 111. The SMILES string of the molecule is C[SiH](C)CCCN1CCNCC1. The molecule has 1 fully saturated rings. The van der Waals surface area contributed by atoms with Crippen molar-refractivity contribution in [2.45, 2.75) is 25.6 Å². The summed E-state index contributed by atoms with van der Waals surface area (Å²) in [7, 11) is -0.285. The molecule has 1 N–H and O–H groups in total. The van der Waals surface area contributed by atoms with Crippen LogP contribution < -0.4 is 5.32 Å². The second-order valence-electron chi connectivity index (χ2n) is 4.13. The lowest BCUT2D eigenvalue weighted by Crippen LogP contribution is -2.43. The molecule has 0 atom stereocenters. The van der Waals surface area contributed by atoms with E-state index in [2.05, 4.69) is 23.3 Å². The zero-order valence-corrected chi connectivity index (χ0v) is 9.63. The fourth-order valence-corrected chi connectivity index (χ4v) is 2.66. The van der Waals surface area contributed by atoms with Crippen LogP contribution in [-0.2, 0) is 0 Å². The maximum Gasteiger partial charge on any atom is 0.0306 e. The van der Waals surface area contributed by atoms with Crippen LogP contribution in [0.4, 0.5) is 0 Å². The standard InChI is InChI=1S/C9H22N2Si/c1-12(2)9-3-6-11-7-4-10-5-8-11/h10,12H,3-9H2,1-2H3. The van der Waals surface area contributed by atoms with Crippen LogP contribution in [0, 0.1) is 0 Å². The van der Waals surface area contributed by atoms with Crippen molar-refractivity contribution in [3.05, 3.63) is 0 Å². The third kappa shape index (κ3) is 4.23. The summed E-state index contributed by atoms with van der Waals surface area (Å²) in [6, 6.07) is 1.52. The summed E-state index contributed by atoms with van der Waals surface area (Å²) in [4.78, 5) is 2.59. The van der Waals surface area contributed by atoms with E-state index in [1.807, 2.05) is 0 Å². The van der Waals surface area contributed by atoms with E-state index in [0.29, 0.717) is 0 Å². The predicted octanol–water partition coefficient (Wildman–Crippen LogP) is 0.768. The monoisotopic (exact) mass is 186 g/mol. The summed E-state index contributed by atoms with van der Waals surface area (Å²) >= 11 is 0. The highest BCUT2D eigenvalue weighted by Crippen LogP contribution is 2.00. The fraction of sp³-hybridized carbons (Fsp3) is 1.00. The van der Waals surface area contributed by atoms with E-state index in [1.165, 1.54) is 45.2 Å². The minimum absolute atomic E-state index is 0.285. The lowest BCUT2D eigenvalue weighted by atomic mass is 10.3. The van der Waals surface area contributed by atoms with Crippen LogP contribution in [-0.4, -0.2) is 46.4 Å². The third-order valence-electron chi connectivity index (χ3n) is 2.47. The first-order chi connectivity index (χ1) is 5.79. The molecule has 0 unspecified atom stereocenters. The van der Waals surface area contributed by atoms with Gasteiger partial charge in [-0.2, -0.15) is 0 Å². The van der Waals surface area contributed by atoms with Gasteiger partial charge in [-0.25, -0.2) is 0 Å². The van der Waals surface area contributed by atoms with Gasteiger partial charge in [-0.3, -0.25) is 0 Å². The fourth-order valence-electron chi connectivity index (χ4n) is 1.66. The normalized spacial score (nSPS) is 20.2. The smallest absolute Gasteiger partial charge is 0.0306 e. The van der Waals surface area contributed by atoms with Crippen molar-refractivity contribution in [1.29, 1.82) is 0 Å². The summed E-state index contributed by atoms with van der Waals surface area (Å²) in [6.07, 6.45) is 1.43. The van der Waals surface area contributed by atoms with Gasteiger partial charge in [0.15, 0.2) is 0 Å². The van der Waals surface area contributed by atoms with Gasteiger partial charge in [0.1, 0.15) is 0 Å². The molecule has 1 heterocycles. The summed E-state index contributed by atoms with van der Waals surface area (Å²) in [5.41, 5.74) is 0. The number of nitrogens with zero attached hydrogens (tertiary/aromatic N) is 1. The van der Waals surface area contributed by atoms with E-state index >= 15 is 0 Å². The molecule has 1 rings (SSSR count). The lowest BCUT2D eigenvalue weighted by molar-refractivity contribution is 0.241. The van der Waals surface area contributed by atoms with Crippen LogP contribution in [0.15, 0.2) is 0 Å². The Balaban J connectivity index is 1.98. The van der Waals surface area contributed by atoms with Gasteiger partial charge in [0.2, 0.25) is 0 Å². The van der Waals surface area contributed by atoms with Crippen molar-refractivity contribution in [2.24, 2.45) is 0 Å². The van der Waals surface area contributed by atoms with Gasteiger partial charge in [0.25, 0.3) is 0 Å². The molecule has 1 aliphatic heterocycles. The average Bonchev–Trinajstić information content (AvgIpc) is 2.05. The Labute approximate surface area is 77.9 Å². The first kappa shape index (κ1) is 10.2. The second kappa shape index (κ2) is 5.73. The van der Waals surface area contributed by atoms with Gasteiger partial charge >= 0.3 is 0 Å². The van der Waals surface area contributed by atoms with E-state index in [9.17, 15) is 0 Å². The van der Waals surface area contributed by atoms with Crippen molar-refractivity contribution in [3.63, 3.8) is 0 Å². The number of hydrogen-bond acceptors (Lipinski definition) is 2. The largest absolute Gasteiger partial charge is 0.314 e. The predicted molar refractivity (Wildman–Crippen MR) is 57.6 cm³/mol. The van der Waals surface area contributed by atoms with Crippen LogP contribution in [0.5, 0.6) is 0 Å². The van der Waals surface area contributed by atoms with E-state index < -0.39 is 0 Å². The van der Waals surface area contributed by atoms with E-state index in [0.717, 1.165) is 0 Å². The van der Waals surface area contributed by atoms with Gasteiger partial charge in [-0.15, -0.1) is 0 Å². The Morgan fingerprint density at radius 2 is 1.92 bits per heavy atom. The van der Waals surface area contributed by atoms with Crippen LogP contribution in [0.1, 0.15) is 6.42 Å². The number of piperazine rings is 1. The van der Waals surface area contributed by atoms with E-state index in [4.69, 9.17) is 0 Å². The Kier molecular flexibility index (Phi) is 4.88. The van der Waals surface area contributed by atoms with Crippen LogP contribution >= 0.6 is 0 Å². The van der Waals surface area contributed by atoms with Gasteiger partial charge in [-0.05, 0) is 13.0 Å². The number of nitrogens with one attached hydrogen (secondary N) is 1. The molecule has 0 aromatic rings. The maximum atomic E-state index is 3.38. The highest BCUT2D eigenvalue weighted by molar-refractivity contribution is 6.55. The molecule has 0 radical (unpaired) electrons. The highest BCUT2D eigenvalue weighted by Gasteiger charge is 2.08. The van der Waals surface area contributed by atoms with Crippen LogP contribution in [0.2, 0.25) is 19.1 Å². The quantitative estimate of drug-likeness (QED) is 0.653. The first-order valence-corrected chi connectivity index (χ1v) is 8.34. The molecule has 0 bridgehead atoms. The zero-order valence-electron chi connectivity index (χ0n) is 8.47. The number of rotatable bonds is 4.